The lowest BCUT2D eigenvalue weighted by Gasteiger charge is -2.13. The quantitative estimate of drug-likeness (QED) is 0.392. The Bertz CT molecular complexity index is 1450. The fourth-order valence-electron chi connectivity index (χ4n) is 3.77. The zero-order chi connectivity index (χ0) is 23.5. The van der Waals surface area contributed by atoms with E-state index >= 15 is 0 Å². The molecule has 0 aliphatic carbocycles. The molecule has 4 aromatic heterocycles. The minimum absolute atomic E-state index is 0.120. The number of H-pyrrole nitrogens is 1. The number of ether oxygens (including phenoxy) is 1. The third-order valence-corrected chi connectivity index (χ3v) is 5.62. The lowest BCUT2D eigenvalue weighted by Crippen LogP contribution is -2.28. The van der Waals surface area contributed by atoms with E-state index in [0.29, 0.717) is 5.88 Å². The number of aromatic amines is 1. The first-order chi connectivity index (χ1) is 16.6. The van der Waals surface area contributed by atoms with Gasteiger partial charge in [0.1, 0.15) is 5.65 Å². The Morgan fingerprint density at radius 2 is 1.71 bits per heavy atom. The zero-order valence-corrected chi connectivity index (χ0v) is 18.7. The molecule has 0 radical (unpaired) electrons. The Hall–Kier alpha value is -4.59. The van der Waals surface area contributed by atoms with Gasteiger partial charge in [0.05, 0.1) is 13.2 Å². The van der Waals surface area contributed by atoms with Crippen molar-refractivity contribution in [1.82, 2.24) is 30.2 Å². The van der Waals surface area contributed by atoms with Crippen molar-refractivity contribution >= 4 is 16.9 Å². The van der Waals surface area contributed by atoms with Crippen molar-refractivity contribution in [3.8, 4) is 28.1 Å². The number of carbonyl (C=O) groups is 1. The first-order valence-electron chi connectivity index (χ1n) is 10.8. The van der Waals surface area contributed by atoms with E-state index in [1.165, 1.54) is 0 Å². The maximum Gasteiger partial charge on any atom is 0.289 e. The number of benzene rings is 1. The molecule has 8 nitrogen and oxygen atoms in total. The van der Waals surface area contributed by atoms with E-state index in [2.05, 4.69) is 30.2 Å². The molecule has 0 unspecified atom stereocenters. The van der Waals surface area contributed by atoms with Crippen LogP contribution in [0.2, 0.25) is 0 Å². The highest BCUT2D eigenvalue weighted by atomic mass is 16.5. The van der Waals surface area contributed by atoms with Crippen molar-refractivity contribution in [1.29, 1.82) is 0 Å². The van der Waals surface area contributed by atoms with Crippen LogP contribution in [0.25, 0.3) is 33.3 Å². The van der Waals surface area contributed by atoms with E-state index < -0.39 is 0 Å². The van der Waals surface area contributed by atoms with Gasteiger partial charge < -0.3 is 15.0 Å². The average Bonchev–Trinajstić information content (AvgIpc) is 3.32. The highest BCUT2D eigenvalue weighted by molar-refractivity contribution is 5.96. The van der Waals surface area contributed by atoms with Crippen LogP contribution in [0, 0.1) is 0 Å². The summed E-state index contributed by atoms with van der Waals surface area (Å²) in [6.07, 6.45) is 8.67. The Morgan fingerprint density at radius 3 is 2.47 bits per heavy atom. The standard InChI is InChI=1S/C26H22N6O2/c1-16(17-6-4-3-5-7-17)32-26(33)25-29-13-20(14-30-25)22-15-31-24-21(22)10-19(12-28-24)18-8-9-27-23(11-18)34-2/h3-16H,1-2H3,(H,28,31)(H,32,33)/t16-/m1/s1. The predicted octanol–water partition coefficient (Wildman–Crippen LogP) is 4.58. The monoisotopic (exact) mass is 450 g/mol. The van der Waals surface area contributed by atoms with Gasteiger partial charge in [0.15, 0.2) is 0 Å². The van der Waals surface area contributed by atoms with Crippen molar-refractivity contribution in [2.45, 2.75) is 13.0 Å². The summed E-state index contributed by atoms with van der Waals surface area (Å²) >= 11 is 0. The summed E-state index contributed by atoms with van der Waals surface area (Å²) in [6.45, 7) is 1.93. The van der Waals surface area contributed by atoms with Gasteiger partial charge in [0.25, 0.3) is 5.91 Å². The molecule has 4 heterocycles. The SMILES string of the molecule is COc1cc(-c2cnc3[nH]cc(-c4cnc(C(=O)N[C@H](C)c5ccccc5)nc4)c3c2)ccn1. The minimum Gasteiger partial charge on any atom is -0.481 e. The average molecular weight is 451 g/mol. The maximum absolute atomic E-state index is 12.6. The molecule has 0 saturated heterocycles. The number of nitrogens with zero attached hydrogens (tertiary/aromatic N) is 4. The number of hydrogen-bond donors (Lipinski definition) is 2. The van der Waals surface area contributed by atoms with Gasteiger partial charge in [-0.1, -0.05) is 30.3 Å². The van der Waals surface area contributed by atoms with E-state index in [-0.39, 0.29) is 17.8 Å². The predicted molar refractivity (Wildman–Crippen MR) is 129 cm³/mol. The molecule has 5 rings (SSSR count). The van der Waals surface area contributed by atoms with Crippen molar-refractivity contribution in [2.75, 3.05) is 7.11 Å². The number of fused-ring (bicyclic) bond motifs is 1. The van der Waals surface area contributed by atoms with Crippen molar-refractivity contribution in [2.24, 2.45) is 0 Å². The first kappa shape index (κ1) is 21.3. The van der Waals surface area contributed by atoms with Crippen LogP contribution in [0.3, 0.4) is 0 Å². The summed E-state index contributed by atoms with van der Waals surface area (Å²) in [5.74, 6) is 0.335. The van der Waals surface area contributed by atoms with Gasteiger partial charge >= 0.3 is 0 Å². The van der Waals surface area contributed by atoms with Crippen molar-refractivity contribution in [3.63, 3.8) is 0 Å². The number of pyridine rings is 2. The lowest BCUT2D eigenvalue weighted by molar-refractivity contribution is 0.0929. The molecule has 1 atom stereocenters. The minimum atomic E-state index is -0.322. The molecule has 34 heavy (non-hydrogen) atoms. The number of carbonyl (C=O) groups excluding carboxylic acids is 1. The molecule has 5 aromatic rings. The second kappa shape index (κ2) is 9.11. The number of hydrogen-bond acceptors (Lipinski definition) is 6. The van der Waals surface area contributed by atoms with Gasteiger partial charge in [-0.05, 0) is 30.2 Å². The number of nitrogens with one attached hydrogen (secondary N) is 2. The topological polar surface area (TPSA) is 106 Å². The van der Waals surface area contributed by atoms with Gasteiger partial charge in [-0.15, -0.1) is 0 Å². The molecule has 8 heteroatoms. The third-order valence-electron chi connectivity index (χ3n) is 5.62. The molecule has 1 amide bonds. The fourth-order valence-corrected chi connectivity index (χ4v) is 3.77. The Balaban J connectivity index is 1.40. The van der Waals surface area contributed by atoms with Crippen LogP contribution in [0.5, 0.6) is 5.88 Å². The van der Waals surface area contributed by atoms with Crippen LogP contribution in [0.4, 0.5) is 0 Å². The zero-order valence-electron chi connectivity index (χ0n) is 18.7. The van der Waals surface area contributed by atoms with Crippen molar-refractivity contribution < 1.29 is 9.53 Å². The third kappa shape index (κ3) is 4.21. The van der Waals surface area contributed by atoms with Gasteiger partial charge in [0.2, 0.25) is 11.7 Å². The summed E-state index contributed by atoms with van der Waals surface area (Å²) in [5.41, 5.74) is 5.32. The van der Waals surface area contributed by atoms with Gasteiger partial charge in [-0.25, -0.2) is 19.9 Å². The molecule has 0 fully saturated rings. The molecule has 168 valence electrons. The molecular weight excluding hydrogens is 428 g/mol. The van der Waals surface area contributed by atoms with E-state index in [1.54, 1.807) is 31.9 Å². The van der Waals surface area contributed by atoms with Crippen LogP contribution in [0.1, 0.15) is 29.1 Å². The van der Waals surface area contributed by atoms with E-state index in [9.17, 15) is 4.79 Å². The molecule has 0 spiro atoms. The number of methoxy groups -OCH3 is 1. The lowest BCUT2D eigenvalue weighted by atomic mass is 10.0. The highest BCUT2D eigenvalue weighted by Gasteiger charge is 2.15. The fraction of sp³-hybridized carbons (Fsp3) is 0.115. The van der Waals surface area contributed by atoms with Crippen LogP contribution < -0.4 is 10.1 Å². The first-order valence-corrected chi connectivity index (χ1v) is 10.8. The summed E-state index contributed by atoms with van der Waals surface area (Å²) in [7, 11) is 1.59. The molecule has 2 N–H and O–H groups in total. The molecule has 0 aliphatic rings. The summed E-state index contributed by atoms with van der Waals surface area (Å²) in [5, 5.41) is 3.86. The second-order valence-electron chi connectivity index (χ2n) is 7.81. The maximum atomic E-state index is 12.6. The Morgan fingerprint density at radius 1 is 0.941 bits per heavy atom. The number of aromatic nitrogens is 5. The van der Waals surface area contributed by atoms with Crippen LogP contribution in [0.15, 0.2) is 79.5 Å². The molecule has 1 aromatic carbocycles. The largest absolute Gasteiger partial charge is 0.481 e. The highest BCUT2D eigenvalue weighted by Crippen LogP contribution is 2.31. The van der Waals surface area contributed by atoms with Gasteiger partial charge in [-0.2, -0.15) is 0 Å². The summed E-state index contributed by atoms with van der Waals surface area (Å²) in [4.78, 5) is 33.1. The summed E-state index contributed by atoms with van der Waals surface area (Å²) < 4.78 is 5.23. The van der Waals surface area contributed by atoms with Gasteiger partial charge in [0, 0.05) is 59.1 Å². The van der Waals surface area contributed by atoms with E-state index in [1.807, 2.05) is 61.7 Å². The number of rotatable bonds is 6. The Kier molecular flexibility index (Phi) is 5.70. The van der Waals surface area contributed by atoms with E-state index in [0.717, 1.165) is 38.9 Å². The second-order valence-corrected chi connectivity index (χ2v) is 7.81. The van der Waals surface area contributed by atoms with Crippen molar-refractivity contribution in [3.05, 3.63) is 90.9 Å². The molecule has 0 aliphatic heterocycles. The molecular formula is C26H22N6O2. The van der Waals surface area contributed by atoms with Crippen LogP contribution >= 0.6 is 0 Å². The summed E-state index contributed by atoms with van der Waals surface area (Å²) in [6, 6.07) is 15.4. The smallest absolute Gasteiger partial charge is 0.289 e. The van der Waals surface area contributed by atoms with E-state index in [4.69, 9.17) is 4.74 Å². The van der Waals surface area contributed by atoms with Crippen LogP contribution in [-0.2, 0) is 0 Å². The van der Waals surface area contributed by atoms with Gasteiger partial charge in [-0.3, -0.25) is 4.79 Å². The molecule has 0 bridgehead atoms. The Labute approximate surface area is 196 Å². The molecule has 0 saturated carbocycles. The normalized spacial score (nSPS) is 11.8. The van der Waals surface area contributed by atoms with Crippen LogP contribution in [-0.4, -0.2) is 37.9 Å². The number of amides is 1.